The highest BCUT2D eigenvalue weighted by Crippen LogP contribution is 2.19. The first-order valence-corrected chi connectivity index (χ1v) is 10.9. The maximum Gasteiger partial charge on any atom is 0.290 e. The minimum Gasteiger partial charge on any atom is -0.497 e. The molecule has 3 aromatic rings. The van der Waals surface area contributed by atoms with Gasteiger partial charge in [0.1, 0.15) is 5.75 Å². The van der Waals surface area contributed by atoms with Crippen molar-refractivity contribution in [3.8, 4) is 16.9 Å². The Balaban J connectivity index is 0.000000256. The number of hydrogen-bond acceptors (Lipinski definition) is 5. The van der Waals surface area contributed by atoms with Gasteiger partial charge in [-0.3, -0.25) is 4.79 Å². The molecular weight excluding hydrogens is 416 g/mol. The molecule has 1 atom stereocenters. The van der Waals surface area contributed by atoms with E-state index < -0.39 is 0 Å². The number of benzene rings is 3. The van der Waals surface area contributed by atoms with Crippen molar-refractivity contribution in [2.24, 2.45) is 0 Å². The molecule has 0 amide bonds. The number of β-amino-alcohol motifs (C(OH)–C–C–N with tert-alkyl or cyclic N) is 1. The molecule has 0 spiro atoms. The van der Waals surface area contributed by atoms with E-state index in [2.05, 4.69) is 66.1 Å². The SMILES string of the molecule is CNCc1ccc(-c2ccccc2)cc1.COc1ccc(C)cc1.O=CO.OC1CCNC1. The summed E-state index contributed by atoms with van der Waals surface area (Å²) in [6.45, 7) is 4.51. The van der Waals surface area contributed by atoms with Crippen molar-refractivity contribution in [3.63, 3.8) is 0 Å². The average Bonchev–Trinajstić information content (AvgIpc) is 3.33. The summed E-state index contributed by atoms with van der Waals surface area (Å²) < 4.78 is 4.97. The zero-order valence-electron chi connectivity index (χ0n) is 19.7. The van der Waals surface area contributed by atoms with Gasteiger partial charge >= 0.3 is 0 Å². The van der Waals surface area contributed by atoms with E-state index >= 15 is 0 Å². The molecule has 1 aliphatic heterocycles. The number of hydrogen-bond donors (Lipinski definition) is 4. The van der Waals surface area contributed by atoms with Gasteiger partial charge in [0, 0.05) is 13.1 Å². The summed E-state index contributed by atoms with van der Waals surface area (Å²) in [6, 6.07) is 27.1. The number of ether oxygens (including phenoxy) is 1. The van der Waals surface area contributed by atoms with E-state index in [1.54, 1.807) is 7.11 Å². The molecule has 4 N–H and O–H groups in total. The number of aliphatic hydroxyl groups is 1. The van der Waals surface area contributed by atoms with Crippen molar-refractivity contribution >= 4 is 6.47 Å². The Labute approximate surface area is 197 Å². The normalized spacial score (nSPS) is 13.8. The van der Waals surface area contributed by atoms with Crippen LogP contribution >= 0.6 is 0 Å². The molecule has 1 aliphatic rings. The van der Waals surface area contributed by atoms with E-state index in [1.807, 2.05) is 37.4 Å². The van der Waals surface area contributed by atoms with Gasteiger partial charge < -0.3 is 25.6 Å². The van der Waals surface area contributed by atoms with Gasteiger partial charge in [-0.1, -0.05) is 72.3 Å². The Morgan fingerprint density at radius 3 is 2.00 bits per heavy atom. The lowest BCUT2D eigenvalue weighted by molar-refractivity contribution is -0.122. The molecule has 0 bridgehead atoms. The third-order valence-corrected chi connectivity index (χ3v) is 4.73. The fraction of sp³-hybridized carbons (Fsp3) is 0.296. The Bertz CT molecular complexity index is 863. The molecule has 0 radical (unpaired) electrons. The van der Waals surface area contributed by atoms with Crippen LogP contribution in [0.5, 0.6) is 5.75 Å². The van der Waals surface area contributed by atoms with Crippen LogP contribution in [0, 0.1) is 6.92 Å². The van der Waals surface area contributed by atoms with Gasteiger partial charge in [0.2, 0.25) is 0 Å². The number of rotatable bonds is 4. The number of methoxy groups -OCH3 is 1. The van der Waals surface area contributed by atoms with Crippen LogP contribution in [0.2, 0.25) is 0 Å². The van der Waals surface area contributed by atoms with Crippen LogP contribution in [0.1, 0.15) is 17.5 Å². The molecule has 0 aliphatic carbocycles. The Morgan fingerprint density at radius 2 is 1.58 bits per heavy atom. The Hall–Kier alpha value is -3.19. The lowest BCUT2D eigenvalue weighted by Crippen LogP contribution is -2.11. The maximum absolute atomic E-state index is 8.67. The van der Waals surface area contributed by atoms with E-state index in [9.17, 15) is 0 Å². The molecule has 178 valence electrons. The van der Waals surface area contributed by atoms with Crippen LogP contribution in [0.3, 0.4) is 0 Å². The van der Waals surface area contributed by atoms with Crippen molar-refractivity contribution < 1.29 is 19.7 Å². The van der Waals surface area contributed by atoms with Gasteiger partial charge in [0.05, 0.1) is 13.2 Å². The highest BCUT2D eigenvalue weighted by atomic mass is 16.5. The molecule has 1 fully saturated rings. The fourth-order valence-corrected chi connectivity index (χ4v) is 2.96. The monoisotopic (exact) mass is 452 g/mol. The van der Waals surface area contributed by atoms with Crippen molar-refractivity contribution in [2.45, 2.75) is 26.0 Å². The Morgan fingerprint density at radius 1 is 1.00 bits per heavy atom. The molecule has 3 aromatic carbocycles. The second-order valence-corrected chi connectivity index (χ2v) is 7.36. The molecule has 0 aromatic heterocycles. The highest BCUT2D eigenvalue weighted by molar-refractivity contribution is 5.63. The van der Waals surface area contributed by atoms with E-state index in [0.717, 1.165) is 31.8 Å². The molecule has 1 saturated heterocycles. The molecule has 6 heteroatoms. The van der Waals surface area contributed by atoms with E-state index in [0.29, 0.717) is 0 Å². The minimum atomic E-state index is -0.250. The lowest BCUT2D eigenvalue weighted by Gasteiger charge is -2.03. The molecular formula is C27H36N2O4. The molecule has 6 nitrogen and oxygen atoms in total. The predicted molar refractivity (Wildman–Crippen MR) is 135 cm³/mol. The van der Waals surface area contributed by atoms with Crippen LogP contribution in [-0.2, 0) is 11.3 Å². The van der Waals surface area contributed by atoms with Gasteiger partial charge in [0.25, 0.3) is 6.47 Å². The van der Waals surface area contributed by atoms with Crippen LogP contribution in [-0.4, -0.2) is 50.0 Å². The van der Waals surface area contributed by atoms with E-state index in [1.165, 1.54) is 22.3 Å². The molecule has 0 saturated carbocycles. The van der Waals surface area contributed by atoms with Gasteiger partial charge in [-0.25, -0.2) is 0 Å². The quantitative estimate of drug-likeness (QED) is 0.445. The van der Waals surface area contributed by atoms with Crippen LogP contribution < -0.4 is 15.4 Å². The number of aliphatic hydroxyl groups excluding tert-OH is 1. The first kappa shape index (κ1) is 27.8. The first-order valence-electron chi connectivity index (χ1n) is 10.9. The highest BCUT2D eigenvalue weighted by Gasteiger charge is 2.08. The zero-order chi connectivity index (χ0) is 24.3. The predicted octanol–water partition coefficient (Wildman–Crippen LogP) is 4.12. The van der Waals surface area contributed by atoms with Crippen molar-refractivity contribution in [2.75, 3.05) is 27.2 Å². The molecule has 33 heavy (non-hydrogen) atoms. The smallest absolute Gasteiger partial charge is 0.290 e. The lowest BCUT2D eigenvalue weighted by atomic mass is 10.0. The second kappa shape index (κ2) is 17.4. The van der Waals surface area contributed by atoms with Crippen LogP contribution in [0.25, 0.3) is 11.1 Å². The van der Waals surface area contributed by atoms with Crippen molar-refractivity contribution in [3.05, 3.63) is 90.0 Å². The van der Waals surface area contributed by atoms with Crippen molar-refractivity contribution in [1.82, 2.24) is 10.6 Å². The largest absolute Gasteiger partial charge is 0.497 e. The van der Waals surface area contributed by atoms with Gasteiger partial charge in [-0.15, -0.1) is 0 Å². The van der Waals surface area contributed by atoms with Crippen LogP contribution in [0.15, 0.2) is 78.9 Å². The summed E-state index contributed by atoms with van der Waals surface area (Å²) in [5.41, 5.74) is 5.12. The molecule has 1 unspecified atom stereocenters. The van der Waals surface area contributed by atoms with E-state index in [-0.39, 0.29) is 12.6 Å². The second-order valence-electron chi connectivity index (χ2n) is 7.36. The number of carbonyl (C=O) groups is 1. The summed E-state index contributed by atoms with van der Waals surface area (Å²) in [4.78, 5) is 8.36. The topological polar surface area (TPSA) is 90.8 Å². The van der Waals surface area contributed by atoms with Gasteiger partial charge in [0.15, 0.2) is 0 Å². The summed E-state index contributed by atoms with van der Waals surface area (Å²) in [7, 11) is 3.63. The standard InChI is InChI=1S/C14H15N.C8H10O.C4H9NO.CH2O2/c1-15-11-12-7-9-14(10-8-12)13-5-3-2-4-6-13;1-7-3-5-8(9-2)6-4-7;6-4-1-2-5-3-4;2-1-3/h2-10,15H,11H2,1H3;3-6H,1-2H3;4-6H,1-3H2;1H,(H,2,3). The Kier molecular flexibility index (Phi) is 14.7. The molecule has 1 heterocycles. The summed E-state index contributed by atoms with van der Waals surface area (Å²) in [5.74, 6) is 0.917. The average molecular weight is 453 g/mol. The molecule has 4 rings (SSSR count). The number of aryl methyl sites for hydroxylation is 1. The zero-order valence-corrected chi connectivity index (χ0v) is 19.7. The summed E-state index contributed by atoms with van der Waals surface area (Å²) in [6.07, 6.45) is 0.866. The summed E-state index contributed by atoms with van der Waals surface area (Å²) >= 11 is 0. The maximum atomic E-state index is 8.67. The van der Waals surface area contributed by atoms with Gasteiger partial charge in [-0.05, 0) is 55.8 Å². The first-order chi connectivity index (χ1) is 16.0. The third-order valence-electron chi connectivity index (χ3n) is 4.73. The minimum absolute atomic E-state index is 0.0648. The van der Waals surface area contributed by atoms with Crippen LogP contribution in [0.4, 0.5) is 0 Å². The van der Waals surface area contributed by atoms with Crippen molar-refractivity contribution in [1.29, 1.82) is 0 Å². The van der Waals surface area contributed by atoms with E-state index in [4.69, 9.17) is 19.7 Å². The van der Waals surface area contributed by atoms with Gasteiger partial charge in [-0.2, -0.15) is 0 Å². The fourth-order valence-electron chi connectivity index (χ4n) is 2.96. The summed E-state index contributed by atoms with van der Waals surface area (Å²) in [5, 5.41) is 21.7. The third kappa shape index (κ3) is 12.4. The number of nitrogens with one attached hydrogen (secondary N) is 2. The number of carboxylic acid groups (broad SMARTS) is 1.